The minimum atomic E-state index is -0.795. The van der Waals surface area contributed by atoms with Crippen molar-refractivity contribution in [3.8, 4) is 0 Å². The SMILES string of the molecule is Cc1ccc(C)c(NC(=O)CN2CCCC(N(C)CC(=O)O)CC2)c1.Cl. The van der Waals surface area contributed by atoms with Crippen LogP contribution in [0.4, 0.5) is 5.69 Å². The first kappa shape index (κ1) is 22.4. The molecule has 0 radical (unpaired) electrons. The van der Waals surface area contributed by atoms with Gasteiger partial charge >= 0.3 is 5.97 Å². The van der Waals surface area contributed by atoms with E-state index in [9.17, 15) is 9.59 Å². The Labute approximate surface area is 162 Å². The van der Waals surface area contributed by atoms with Crippen LogP contribution in [0.3, 0.4) is 0 Å². The average Bonchev–Trinajstić information content (AvgIpc) is 2.76. The van der Waals surface area contributed by atoms with Crippen LogP contribution < -0.4 is 5.32 Å². The molecule has 2 rings (SSSR count). The summed E-state index contributed by atoms with van der Waals surface area (Å²) in [5, 5.41) is 11.9. The Morgan fingerprint density at radius 1 is 1.27 bits per heavy atom. The van der Waals surface area contributed by atoms with Crippen molar-refractivity contribution < 1.29 is 14.7 Å². The van der Waals surface area contributed by atoms with E-state index >= 15 is 0 Å². The zero-order valence-corrected chi connectivity index (χ0v) is 16.6. The van der Waals surface area contributed by atoms with Crippen LogP contribution in [0.15, 0.2) is 18.2 Å². The molecule has 1 atom stereocenters. The van der Waals surface area contributed by atoms with Crippen molar-refractivity contribution in [1.29, 1.82) is 0 Å². The summed E-state index contributed by atoms with van der Waals surface area (Å²) in [7, 11) is 1.86. The molecule has 0 spiro atoms. The van der Waals surface area contributed by atoms with Gasteiger partial charge in [0.15, 0.2) is 0 Å². The lowest BCUT2D eigenvalue weighted by Crippen LogP contribution is -2.37. The van der Waals surface area contributed by atoms with Gasteiger partial charge in [0.2, 0.25) is 5.91 Å². The topological polar surface area (TPSA) is 72.9 Å². The zero-order chi connectivity index (χ0) is 18.4. The maximum atomic E-state index is 12.4. The molecular formula is C19H30ClN3O3. The fourth-order valence-electron chi connectivity index (χ4n) is 3.34. The maximum absolute atomic E-state index is 12.4. The third-order valence-corrected chi connectivity index (χ3v) is 4.83. The Morgan fingerprint density at radius 2 is 2.00 bits per heavy atom. The molecule has 0 bridgehead atoms. The molecule has 1 unspecified atom stereocenters. The highest BCUT2D eigenvalue weighted by atomic mass is 35.5. The maximum Gasteiger partial charge on any atom is 0.317 e. The highest BCUT2D eigenvalue weighted by molar-refractivity contribution is 5.93. The van der Waals surface area contributed by atoms with E-state index in [4.69, 9.17) is 5.11 Å². The fraction of sp³-hybridized carbons (Fsp3) is 0.579. The van der Waals surface area contributed by atoms with Crippen molar-refractivity contribution in [1.82, 2.24) is 9.80 Å². The summed E-state index contributed by atoms with van der Waals surface area (Å²) in [4.78, 5) is 27.3. The number of nitrogens with zero attached hydrogens (tertiary/aromatic N) is 2. The standard InChI is InChI=1S/C19H29N3O3.ClH/c1-14-6-7-15(2)17(11-14)20-18(23)12-22-9-4-5-16(8-10-22)21(3)13-19(24)25;/h6-7,11,16H,4-5,8-10,12-13H2,1-3H3,(H,20,23)(H,24,25);1H. The second-order valence-corrected chi connectivity index (χ2v) is 7.04. The summed E-state index contributed by atoms with van der Waals surface area (Å²) in [6.07, 6.45) is 2.84. The molecule has 0 saturated carbocycles. The number of likely N-dealkylation sites (N-methyl/N-ethyl adjacent to an activating group) is 1. The van der Waals surface area contributed by atoms with Crippen LogP contribution in [0, 0.1) is 13.8 Å². The van der Waals surface area contributed by atoms with Gasteiger partial charge in [0.05, 0.1) is 13.1 Å². The van der Waals surface area contributed by atoms with E-state index in [-0.39, 0.29) is 30.9 Å². The van der Waals surface area contributed by atoms with Crippen molar-refractivity contribution in [3.63, 3.8) is 0 Å². The van der Waals surface area contributed by atoms with Gasteiger partial charge in [-0.15, -0.1) is 12.4 Å². The van der Waals surface area contributed by atoms with Gasteiger partial charge in [-0.1, -0.05) is 12.1 Å². The summed E-state index contributed by atoms with van der Waals surface area (Å²) in [5.41, 5.74) is 3.06. The Hall–Kier alpha value is -1.63. The van der Waals surface area contributed by atoms with Crippen molar-refractivity contribution in [2.45, 2.75) is 39.2 Å². The lowest BCUT2D eigenvalue weighted by atomic mass is 10.1. The first-order valence-corrected chi connectivity index (χ1v) is 8.86. The van der Waals surface area contributed by atoms with Crippen LogP contribution >= 0.6 is 12.4 Å². The molecule has 0 aliphatic carbocycles. The highest BCUT2D eigenvalue weighted by Gasteiger charge is 2.22. The smallest absolute Gasteiger partial charge is 0.317 e. The number of nitrogens with one attached hydrogen (secondary N) is 1. The van der Waals surface area contributed by atoms with Gasteiger partial charge < -0.3 is 10.4 Å². The van der Waals surface area contributed by atoms with E-state index in [2.05, 4.69) is 10.2 Å². The number of aryl methyl sites for hydroxylation is 2. The molecule has 1 fully saturated rings. The van der Waals surface area contributed by atoms with Gasteiger partial charge in [0.25, 0.3) is 0 Å². The van der Waals surface area contributed by atoms with Gasteiger partial charge in [-0.3, -0.25) is 19.4 Å². The number of halogens is 1. The molecular weight excluding hydrogens is 354 g/mol. The number of hydrogen-bond donors (Lipinski definition) is 2. The molecule has 1 amide bonds. The van der Waals surface area contributed by atoms with E-state index in [1.54, 1.807) is 0 Å². The molecule has 1 heterocycles. The molecule has 26 heavy (non-hydrogen) atoms. The number of carboxylic acid groups (broad SMARTS) is 1. The van der Waals surface area contributed by atoms with E-state index in [0.29, 0.717) is 6.54 Å². The van der Waals surface area contributed by atoms with Crippen molar-refractivity contribution in [2.24, 2.45) is 0 Å². The Morgan fingerprint density at radius 3 is 2.69 bits per heavy atom. The number of carbonyl (C=O) groups is 2. The first-order chi connectivity index (χ1) is 11.8. The van der Waals surface area contributed by atoms with Crippen LogP contribution in [0.2, 0.25) is 0 Å². The van der Waals surface area contributed by atoms with E-state index in [0.717, 1.165) is 49.2 Å². The number of likely N-dealkylation sites (tertiary alicyclic amines) is 1. The largest absolute Gasteiger partial charge is 0.480 e. The molecule has 1 aromatic rings. The summed E-state index contributed by atoms with van der Waals surface area (Å²) < 4.78 is 0. The van der Waals surface area contributed by atoms with Gasteiger partial charge in [-0.25, -0.2) is 0 Å². The van der Waals surface area contributed by atoms with Crippen molar-refractivity contribution in [2.75, 3.05) is 38.5 Å². The van der Waals surface area contributed by atoms with Crippen LogP contribution in [-0.2, 0) is 9.59 Å². The second-order valence-electron chi connectivity index (χ2n) is 7.04. The number of carboxylic acids is 1. The number of anilines is 1. The first-order valence-electron chi connectivity index (χ1n) is 8.86. The number of carbonyl (C=O) groups excluding carboxylic acids is 1. The molecule has 6 nitrogen and oxygen atoms in total. The number of aliphatic carboxylic acids is 1. The third-order valence-electron chi connectivity index (χ3n) is 4.83. The summed E-state index contributed by atoms with van der Waals surface area (Å²) in [6.45, 7) is 6.13. The lowest BCUT2D eigenvalue weighted by molar-refractivity contribution is -0.138. The number of amides is 1. The monoisotopic (exact) mass is 383 g/mol. The minimum Gasteiger partial charge on any atom is -0.480 e. The van der Waals surface area contributed by atoms with Crippen molar-refractivity contribution in [3.05, 3.63) is 29.3 Å². The normalized spacial score (nSPS) is 18.1. The van der Waals surface area contributed by atoms with Crippen LogP contribution in [-0.4, -0.2) is 66.1 Å². The molecule has 1 aromatic carbocycles. The molecule has 0 aromatic heterocycles. The molecule has 2 N–H and O–H groups in total. The Bertz CT molecular complexity index is 624. The predicted octanol–water partition coefficient (Wildman–Crippen LogP) is 2.53. The van der Waals surface area contributed by atoms with Crippen LogP contribution in [0.5, 0.6) is 0 Å². The number of benzene rings is 1. The summed E-state index contributed by atoms with van der Waals surface area (Å²) >= 11 is 0. The molecule has 1 aliphatic rings. The predicted molar refractivity (Wildman–Crippen MR) is 106 cm³/mol. The Kier molecular flexibility index (Phi) is 9.05. The quantitative estimate of drug-likeness (QED) is 0.789. The third kappa shape index (κ3) is 6.94. The average molecular weight is 384 g/mol. The summed E-state index contributed by atoms with van der Waals surface area (Å²) in [5.74, 6) is -0.789. The van der Waals surface area contributed by atoms with Gasteiger partial charge in [0.1, 0.15) is 0 Å². The zero-order valence-electron chi connectivity index (χ0n) is 15.8. The Balaban J connectivity index is 0.00000338. The molecule has 7 heteroatoms. The van der Waals surface area contributed by atoms with Crippen LogP contribution in [0.25, 0.3) is 0 Å². The van der Waals surface area contributed by atoms with E-state index in [1.165, 1.54) is 0 Å². The molecule has 146 valence electrons. The van der Waals surface area contributed by atoms with E-state index in [1.807, 2.05) is 44.0 Å². The van der Waals surface area contributed by atoms with Crippen molar-refractivity contribution >= 4 is 30.0 Å². The summed E-state index contributed by atoms with van der Waals surface area (Å²) in [6, 6.07) is 6.31. The molecule has 1 saturated heterocycles. The second kappa shape index (κ2) is 10.5. The van der Waals surface area contributed by atoms with Gasteiger partial charge in [0, 0.05) is 18.3 Å². The van der Waals surface area contributed by atoms with Gasteiger partial charge in [-0.2, -0.15) is 0 Å². The highest BCUT2D eigenvalue weighted by Crippen LogP contribution is 2.18. The number of rotatable bonds is 6. The fourth-order valence-corrected chi connectivity index (χ4v) is 3.34. The molecule has 1 aliphatic heterocycles. The van der Waals surface area contributed by atoms with Gasteiger partial charge in [-0.05, 0) is 63.9 Å². The lowest BCUT2D eigenvalue weighted by Gasteiger charge is -2.25. The van der Waals surface area contributed by atoms with Crippen LogP contribution in [0.1, 0.15) is 30.4 Å². The number of hydrogen-bond acceptors (Lipinski definition) is 4. The van der Waals surface area contributed by atoms with E-state index < -0.39 is 5.97 Å². The minimum absolute atomic E-state index is 0.